The van der Waals surface area contributed by atoms with E-state index in [0.717, 1.165) is 0 Å². The number of carbonyl (C=O) groups is 5. The highest BCUT2D eigenvalue weighted by molar-refractivity contribution is 5.93. The molecule has 3 amide bonds. The molecular formula is C19H34N4O7. The van der Waals surface area contributed by atoms with Gasteiger partial charge in [0.25, 0.3) is 0 Å². The highest BCUT2D eigenvalue weighted by atomic mass is 16.4. The van der Waals surface area contributed by atoms with E-state index in [4.69, 9.17) is 10.8 Å². The largest absolute Gasteiger partial charge is 0.481 e. The van der Waals surface area contributed by atoms with Gasteiger partial charge in [-0.15, -0.1) is 0 Å². The third-order valence-corrected chi connectivity index (χ3v) is 4.60. The van der Waals surface area contributed by atoms with E-state index in [1.165, 1.54) is 0 Å². The first-order chi connectivity index (χ1) is 13.9. The lowest BCUT2D eigenvalue weighted by molar-refractivity contribution is -0.144. The maximum Gasteiger partial charge on any atom is 0.326 e. The van der Waals surface area contributed by atoms with E-state index >= 15 is 0 Å². The van der Waals surface area contributed by atoms with Gasteiger partial charge in [-0.05, 0) is 24.7 Å². The number of carbonyl (C=O) groups excluding carboxylic acids is 3. The van der Waals surface area contributed by atoms with Gasteiger partial charge in [-0.25, -0.2) is 4.79 Å². The van der Waals surface area contributed by atoms with Crippen LogP contribution < -0.4 is 21.7 Å². The molecule has 0 aliphatic rings. The molecule has 0 aromatic heterocycles. The molecule has 0 spiro atoms. The van der Waals surface area contributed by atoms with Crippen molar-refractivity contribution in [2.24, 2.45) is 17.6 Å². The zero-order valence-corrected chi connectivity index (χ0v) is 17.9. The molecule has 0 saturated carbocycles. The molecule has 0 aliphatic heterocycles. The summed E-state index contributed by atoms with van der Waals surface area (Å²) in [7, 11) is 0. The molecule has 11 heteroatoms. The number of rotatable bonds is 14. The lowest BCUT2D eigenvalue weighted by Gasteiger charge is -2.27. The van der Waals surface area contributed by atoms with Crippen molar-refractivity contribution in [1.29, 1.82) is 0 Å². The molecule has 0 radical (unpaired) electrons. The van der Waals surface area contributed by atoms with Crippen LogP contribution in [0.4, 0.5) is 0 Å². The van der Waals surface area contributed by atoms with Gasteiger partial charge in [0.2, 0.25) is 17.7 Å². The predicted molar refractivity (Wildman–Crippen MR) is 108 cm³/mol. The normalized spacial score (nSPS) is 14.9. The second kappa shape index (κ2) is 13.5. The molecule has 4 atom stereocenters. The van der Waals surface area contributed by atoms with E-state index < -0.39 is 47.8 Å². The third-order valence-electron chi connectivity index (χ3n) is 4.60. The van der Waals surface area contributed by atoms with Crippen molar-refractivity contribution in [2.45, 2.75) is 71.5 Å². The lowest BCUT2D eigenvalue weighted by atomic mass is 9.97. The Balaban J connectivity index is 5.44. The van der Waals surface area contributed by atoms with Gasteiger partial charge < -0.3 is 31.9 Å². The highest BCUT2D eigenvalue weighted by Crippen LogP contribution is 2.11. The summed E-state index contributed by atoms with van der Waals surface area (Å²) >= 11 is 0. The van der Waals surface area contributed by atoms with Gasteiger partial charge in [-0.3, -0.25) is 19.2 Å². The van der Waals surface area contributed by atoms with Crippen LogP contribution in [0.1, 0.15) is 53.4 Å². The smallest absolute Gasteiger partial charge is 0.326 e. The Kier molecular flexibility index (Phi) is 12.3. The fourth-order valence-electron chi connectivity index (χ4n) is 2.70. The molecule has 0 fully saturated rings. The Bertz CT molecular complexity index is 624. The average Bonchev–Trinajstić information content (AvgIpc) is 2.66. The quantitative estimate of drug-likeness (QED) is 0.211. The molecule has 0 aromatic rings. The van der Waals surface area contributed by atoms with Crippen LogP contribution in [-0.2, 0) is 24.0 Å². The van der Waals surface area contributed by atoms with Gasteiger partial charge in [0.05, 0.1) is 6.54 Å². The zero-order chi connectivity index (χ0) is 23.4. The van der Waals surface area contributed by atoms with E-state index in [1.807, 2.05) is 13.8 Å². The SMILES string of the molecule is CCC(C)C(NC(=O)C(CC(C)C)NC(=O)C(CCC(=O)O)NC(=O)CN)C(=O)O. The van der Waals surface area contributed by atoms with E-state index in [2.05, 4.69) is 16.0 Å². The van der Waals surface area contributed by atoms with Crippen molar-refractivity contribution in [2.75, 3.05) is 6.54 Å². The number of carboxylic acid groups (broad SMARTS) is 2. The fraction of sp³-hybridized carbons (Fsp3) is 0.737. The minimum Gasteiger partial charge on any atom is -0.481 e. The molecule has 0 heterocycles. The standard InChI is InChI=1S/C19H34N4O7/c1-5-11(4)16(19(29)30)23-18(28)13(8-10(2)3)22-17(27)12(6-7-15(25)26)21-14(24)9-20/h10-13,16H,5-9,20H2,1-4H3,(H,21,24)(H,22,27)(H,23,28)(H,25,26)(H,29,30). The number of aliphatic carboxylic acids is 2. The summed E-state index contributed by atoms with van der Waals surface area (Å²) in [6, 6.07) is -3.36. The van der Waals surface area contributed by atoms with E-state index in [9.17, 15) is 29.1 Å². The Labute approximate surface area is 176 Å². The maximum atomic E-state index is 12.7. The third kappa shape index (κ3) is 10.2. The molecular weight excluding hydrogens is 396 g/mol. The van der Waals surface area contributed by atoms with Crippen molar-refractivity contribution in [3.05, 3.63) is 0 Å². The van der Waals surface area contributed by atoms with Gasteiger partial charge in [0.15, 0.2) is 0 Å². The topological polar surface area (TPSA) is 188 Å². The van der Waals surface area contributed by atoms with Crippen LogP contribution >= 0.6 is 0 Å². The van der Waals surface area contributed by atoms with E-state index in [1.54, 1.807) is 13.8 Å². The molecule has 7 N–H and O–H groups in total. The molecule has 0 aromatic carbocycles. The second-order valence-electron chi connectivity index (χ2n) is 7.66. The van der Waals surface area contributed by atoms with Crippen LogP contribution in [0.3, 0.4) is 0 Å². The van der Waals surface area contributed by atoms with Gasteiger partial charge in [0, 0.05) is 6.42 Å². The van der Waals surface area contributed by atoms with Gasteiger partial charge >= 0.3 is 11.9 Å². The summed E-state index contributed by atoms with van der Waals surface area (Å²) in [6.45, 7) is 6.76. The van der Waals surface area contributed by atoms with Crippen LogP contribution in [0.2, 0.25) is 0 Å². The second-order valence-corrected chi connectivity index (χ2v) is 7.66. The van der Waals surface area contributed by atoms with Crippen molar-refractivity contribution in [3.8, 4) is 0 Å². The molecule has 172 valence electrons. The Morgan fingerprint density at radius 2 is 1.47 bits per heavy atom. The Hall–Kier alpha value is -2.69. The maximum absolute atomic E-state index is 12.7. The summed E-state index contributed by atoms with van der Waals surface area (Å²) in [6.07, 6.45) is 0.189. The van der Waals surface area contributed by atoms with Crippen molar-refractivity contribution in [3.63, 3.8) is 0 Å². The summed E-state index contributed by atoms with van der Waals surface area (Å²) in [5.74, 6) is -4.71. The molecule has 0 bridgehead atoms. The Morgan fingerprint density at radius 3 is 1.90 bits per heavy atom. The molecule has 30 heavy (non-hydrogen) atoms. The molecule has 0 rings (SSSR count). The monoisotopic (exact) mass is 430 g/mol. The summed E-state index contributed by atoms with van der Waals surface area (Å²) in [4.78, 5) is 59.3. The van der Waals surface area contributed by atoms with Gasteiger partial charge in [-0.1, -0.05) is 34.1 Å². The average molecular weight is 431 g/mol. The van der Waals surface area contributed by atoms with E-state index in [-0.39, 0.29) is 37.6 Å². The van der Waals surface area contributed by atoms with Crippen LogP contribution in [0, 0.1) is 11.8 Å². The van der Waals surface area contributed by atoms with Crippen molar-refractivity contribution in [1.82, 2.24) is 16.0 Å². The summed E-state index contributed by atoms with van der Waals surface area (Å²) in [5.41, 5.74) is 5.24. The number of carboxylic acids is 2. The first kappa shape index (κ1) is 27.3. The summed E-state index contributed by atoms with van der Waals surface area (Å²) in [5, 5.41) is 25.6. The van der Waals surface area contributed by atoms with Crippen LogP contribution in [-0.4, -0.2) is 64.5 Å². The van der Waals surface area contributed by atoms with Gasteiger partial charge in [0.1, 0.15) is 18.1 Å². The van der Waals surface area contributed by atoms with Crippen molar-refractivity contribution < 1.29 is 34.2 Å². The van der Waals surface area contributed by atoms with Crippen molar-refractivity contribution >= 4 is 29.7 Å². The molecule has 11 nitrogen and oxygen atoms in total. The van der Waals surface area contributed by atoms with Crippen LogP contribution in [0.25, 0.3) is 0 Å². The molecule has 0 aliphatic carbocycles. The fourth-order valence-corrected chi connectivity index (χ4v) is 2.70. The number of amides is 3. The minimum absolute atomic E-state index is 0.0102. The summed E-state index contributed by atoms with van der Waals surface area (Å²) < 4.78 is 0. The lowest BCUT2D eigenvalue weighted by Crippen LogP contribution is -2.57. The predicted octanol–water partition coefficient (Wildman–Crippen LogP) is -0.559. The van der Waals surface area contributed by atoms with E-state index in [0.29, 0.717) is 6.42 Å². The van der Waals surface area contributed by atoms with Crippen LogP contribution in [0.5, 0.6) is 0 Å². The number of nitrogens with one attached hydrogen (secondary N) is 3. The highest BCUT2D eigenvalue weighted by Gasteiger charge is 2.31. The first-order valence-electron chi connectivity index (χ1n) is 9.97. The number of nitrogens with two attached hydrogens (primary N) is 1. The molecule has 4 unspecified atom stereocenters. The number of hydrogen-bond donors (Lipinski definition) is 6. The first-order valence-corrected chi connectivity index (χ1v) is 9.97. The number of hydrogen-bond acceptors (Lipinski definition) is 6. The van der Waals surface area contributed by atoms with Gasteiger partial charge in [-0.2, -0.15) is 0 Å². The minimum atomic E-state index is -1.19. The Morgan fingerprint density at radius 1 is 0.900 bits per heavy atom. The molecule has 0 saturated heterocycles. The van der Waals surface area contributed by atoms with Crippen LogP contribution in [0.15, 0.2) is 0 Å². The zero-order valence-electron chi connectivity index (χ0n) is 17.9.